The summed E-state index contributed by atoms with van der Waals surface area (Å²) in [5.74, 6) is -2.97. The minimum absolute atomic E-state index is 0.00260. The number of amides is 3. The Morgan fingerprint density at radius 1 is 1.33 bits per heavy atom. The van der Waals surface area contributed by atoms with Crippen LogP contribution in [0, 0.1) is 11.7 Å². The number of carbonyl (C=O) groups excluding carboxylic acids is 3. The van der Waals surface area contributed by atoms with Crippen LogP contribution in [0.25, 0.3) is 0 Å². The highest BCUT2D eigenvalue weighted by Gasteiger charge is 2.57. The Morgan fingerprint density at radius 2 is 1.88 bits per heavy atom. The van der Waals surface area contributed by atoms with Gasteiger partial charge in [0, 0.05) is 12.1 Å². The molecule has 10 heteroatoms. The van der Waals surface area contributed by atoms with Crippen molar-refractivity contribution in [3.8, 4) is 0 Å². The summed E-state index contributed by atoms with van der Waals surface area (Å²) in [5.41, 5.74) is 4.21. The molecule has 0 saturated carbocycles. The van der Waals surface area contributed by atoms with Gasteiger partial charge >= 0.3 is 0 Å². The normalized spacial score (nSPS) is 23.4. The van der Waals surface area contributed by atoms with Gasteiger partial charge in [-0.3, -0.25) is 19.3 Å². The first-order valence-corrected chi connectivity index (χ1v) is 14.0. The zero-order valence-corrected chi connectivity index (χ0v) is 21.4. The van der Waals surface area contributed by atoms with Crippen LogP contribution in [0.2, 0.25) is 18.1 Å². The van der Waals surface area contributed by atoms with E-state index in [1.54, 1.807) is 13.8 Å². The molecular formula is C23H36FN3O5Si. The smallest absolute Gasteiger partial charge is 0.249 e. The largest absolute Gasteiger partial charge is 0.412 e. The second kappa shape index (κ2) is 9.52. The van der Waals surface area contributed by atoms with Gasteiger partial charge in [0.2, 0.25) is 17.7 Å². The van der Waals surface area contributed by atoms with Crippen LogP contribution in [-0.4, -0.2) is 55.4 Å². The number of aliphatic hydroxyl groups excluding tert-OH is 1. The molecule has 1 aliphatic heterocycles. The zero-order valence-electron chi connectivity index (χ0n) is 20.4. The molecule has 4 unspecified atom stereocenters. The number of nitrogens with zero attached hydrogens (tertiary/aromatic N) is 1. The van der Waals surface area contributed by atoms with Gasteiger partial charge in [-0.1, -0.05) is 27.7 Å². The van der Waals surface area contributed by atoms with Crippen LogP contribution in [0.3, 0.4) is 0 Å². The lowest BCUT2D eigenvalue weighted by atomic mass is 9.85. The van der Waals surface area contributed by atoms with Crippen LogP contribution in [0.1, 0.15) is 41.0 Å². The lowest BCUT2D eigenvalue weighted by molar-refractivity contribution is -0.135. The third-order valence-corrected chi connectivity index (χ3v) is 11.6. The summed E-state index contributed by atoms with van der Waals surface area (Å²) in [6.45, 7) is 12.9. The summed E-state index contributed by atoms with van der Waals surface area (Å²) in [6, 6.07) is 3.92. The van der Waals surface area contributed by atoms with Crippen LogP contribution < -0.4 is 16.0 Å². The summed E-state index contributed by atoms with van der Waals surface area (Å²) in [5, 5.41) is 12.9. The van der Waals surface area contributed by atoms with Gasteiger partial charge in [-0.15, -0.1) is 0 Å². The maximum Gasteiger partial charge on any atom is 0.249 e. The fourth-order valence-electron chi connectivity index (χ4n) is 3.95. The van der Waals surface area contributed by atoms with E-state index in [0.717, 1.165) is 0 Å². The average Bonchev–Trinajstić information content (AvgIpc) is 2.95. The van der Waals surface area contributed by atoms with Crippen molar-refractivity contribution >= 4 is 31.7 Å². The van der Waals surface area contributed by atoms with Crippen molar-refractivity contribution in [3.05, 3.63) is 30.1 Å². The number of nitrogens with two attached hydrogens (primary N) is 1. The van der Waals surface area contributed by atoms with Crippen molar-refractivity contribution in [1.82, 2.24) is 5.32 Å². The van der Waals surface area contributed by atoms with E-state index in [9.17, 15) is 23.9 Å². The summed E-state index contributed by atoms with van der Waals surface area (Å²) in [7, 11) is -2.29. The highest BCUT2D eigenvalue weighted by Crippen LogP contribution is 2.40. The number of nitrogens with one attached hydrogen (secondary N) is 1. The van der Waals surface area contributed by atoms with E-state index in [1.807, 2.05) is 13.1 Å². The topological polar surface area (TPSA) is 122 Å². The molecule has 0 aliphatic carbocycles. The number of anilines is 1. The Labute approximate surface area is 195 Å². The van der Waals surface area contributed by atoms with Crippen LogP contribution in [0.5, 0.6) is 0 Å². The Balaban J connectivity index is 2.40. The number of carbonyl (C=O) groups is 3. The monoisotopic (exact) mass is 481 g/mol. The molecule has 184 valence electrons. The fourth-order valence-corrected chi connectivity index (χ4v) is 5.37. The molecule has 3 amide bonds. The number of rotatable bonds is 8. The maximum absolute atomic E-state index is 13.6. The second-order valence-corrected chi connectivity index (χ2v) is 15.1. The molecule has 1 fully saturated rings. The Kier molecular flexibility index (Phi) is 7.77. The first kappa shape index (κ1) is 26.9. The highest BCUT2D eigenvalue weighted by atomic mass is 28.4. The van der Waals surface area contributed by atoms with Gasteiger partial charge in [-0.2, -0.15) is 0 Å². The third kappa shape index (κ3) is 5.12. The lowest BCUT2D eigenvalue weighted by Gasteiger charge is -2.42. The minimum atomic E-state index is -2.29. The molecule has 0 spiro atoms. The van der Waals surface area contributed by atoms with Gasteiger partial charge in [0.15, 0.2) is 13.9 Å². The van der Waals surface area contributed by atoms with Crippen molar-refractivity contribution in [2.75, 3.05) is 11.5 Å². The number of benzene rings is 1. The summed E-state index contributed by atoms with van der Waals surface area (Å²) in [4.78, 5) is 39.9. The van der Waals surface area contributed by atoms with E-state index in [4.69, 9.17) is 10.2 Å². The fraction of sp³-hybridized carbons (Fsp3) is 0.609. The van der Waals surface area contributed by atoms with E-state index in [2.05, 4.69) is 26.1 Å². The van der Waals surface area contributed by atoms with E-state index < -0.39 is 56.2 Å². The van der Waals surface area contributed by atoms with E-state index in [-0.39, 0.29) is 23.1 Å². The maximum atomic E-state index is 13.6. The standard InChI is InChI=1S/C23H36FN3O5Si/c1-14-12-18(29)27(17-10-8-16(24)9-11-17)23(14,13-28)21(31)26-19(20(25)30)15(2)32-33(6,7)22(3,4)5/h8-11,14-15,19,28H,12-13H2,1-7H3,(H2,25,30)(H,26,31). The van der Waals surface area contributed by atoms with Gasteiger partial charge in [-0.25, -0.2) is 4.39 Å². The van der Waals surface area contributed by atoms with Gasteiger partial charge in [0.25, 0.3) is 0 Å². The van der Waals surface area contributed by atoms with Crippen molar-refractivity contribution < 1.29 is 28.3 Å². The SMILES string of the molecule is CC(O[Si](C)(C)C(C)(C)C)C(NC(=O)C1(CO)C(C)CC(=O)N1c1ccc(F)cc1)C(N)=O. The van der Waals surface area contributed by atoms with Gasteiger partial charge in [0.05, 0.1) is 12.7 Å². The van der Waals surface area contributed by atoms with Crippen LogP contribution in [-0.2, 0) is 18.8 Å². The predicted molar refractivity (Wildman–Crippen MR) is 126 cm³/mol. The van der Waals surface area contributed by atoms with E-state index in [0.29, 0.717) is 0 Å². The summed E-state index contributed by atoms with van der Waals surface area (Å²) in [6.07, 6.45) is -0.724. The van der Waals surface area contributed by atoms with E-state index in [1.165, 1.54) is 29.2 Å². The van der Waals surface area contributed by atoms with Crippen molar-refractivity contribution in [3.63, 3.8) is 0 Å². The minimum Gasteiger partial charge on any atom is -0.412 e. The molecule has 1 aliphatic rings. The van der Waals surface area contributed by atoms with Crippen LogP contribution >= 0.6 is 0 Å². The summed E-state index contributed by atoms with van der Waals surface area (Å²) >= 11 is 0. The number of hydrogen-bond acceptors (Lipinski definition) is 5. The molecule has 1 aromatic carbocycles. The first-order valence-electron chi connectivity index (χ1n) is 11.1. The number of primary amides is 1. The van der Waals surface area contributed by atoms with Crippen molar-refractivity contribution in [2.45, 2.75) is 76.9 Å². The average molecular weight is 482 g/mol. The molecule has 1 saturated heterocycles. The van der Waals surface area contributed by atoms with Crippen LogP contribution in [0.15, 0.2) is 24.3 Å². The zero-order chi connectivity index (χ0) is 25.4. The highest BCUT2D eigenvalue weighted by molar-refractivity contribution is 6.74. The third-order valence-electron chi connectivity index (χ3n) is 7.01. The second-order valence-electron chi connectivity index (χ2n) is 10.3. The molecule has 0 radical (unpaired) electrons. The molecule has 33 heavy (non-hydrogen) atoms. The van der Waals surface area contributed by atoms with Gasteiger partial charge in [0.1, 0.15) is 11.9 Å². The number of hydrogen-bond donors (Lipinski definition) is 3. The van der Waals surface area contributed by atoms with Crippen molar-refractivity contribution in [1.29, 1.82) is 0 Å². The molecule has 0 bridgehead atoms. The molecule has 1 aromatic rings. The molecule has 1 heterocycles. The molecular weight excluding hydrogens is 445 g/mol. The lowest BCUT2D eigenvalue weighted by Crippen LogP contribution is -2.66. The number of aliphatic hydroxyl groups is 1. The predicted octanol–water partition coefficient (Wildman–Crippen LogP) is 2.31. The Morgan fingerprint density at radius 3 is 2.33 bits per heavy atom. The molecule has 8 nitrogen and oxygen atoms in total. The molecule has 4 atom stereocenters. The Bertz CT molecular complexity index is 902. The van der Waals surface area contributed by atoms with Crippen molar-refractivity contribution in [2.24, 2.45) is 11.7 Å². The molecule has 4 N–H and O–H groups in total. The Hall–Kier alpha value is -2.30. The van der Waals surface area contributed by atoms with Gasteiger partial charge < -0.3 is 20.6 Å². The summed E-state index contributed by atoms with van der Waals surface area (Å²) < 4.78 is 19.7. The quantitative estimate of drug-likeness (QED) is 0.492. The van der Waals surface area contributed by atoms with Gasteiger partial charge in [-0.05, 0) is 55.2 Å². The number of halogens is 1. The van der Waals surface area contributed by atoms with E-state index >= 15 is 0 Å². The molecule has 2 rings (SSSR count). The first-order chi connectivity index (χ1) is 15.1. The molecule has 0 aromatic heterocycles. The van der Waals surface area contributed by atoms with Crippen LogP contribution in [0.4, 0.5) is 10.1 Å².